The molecule has 132 valence electrons. The summed E-state index contributed by atoms with van der Waals surface area (Å²) < 4.78 is 18.2. The Labute approximate surface area is 150 Å². The molecular formula is C17H19FN4O2S. The van der Waals surface area contributed by atoms with Gasteiger partial charge >= 0.3 is 0 Å². The molecule has 6 nitrogen and oxygen atoms in total. The molecule has 0 N–H and O–H groups in total. The minimum Gasteiger partial charge on any atom is -0.479 e. The Hall–Kier alpha value is -2.35. The van der Waals surface area contributed by atoms with Crippen molar-refractivity contribution in [2.45, 2.75) is 5.03 Å². The second kappa shape index (κ2) is 8.15. The van der Waals surface area contributed by atoms with E-state index >= 15 is 0 Å². The van der Waals surface area contributed by atoms with E-state index in [0.717, 1.165) is 18.8 Å². The smallest absolute Gasteiger partial charge is 0.246 e. The van der Waals surface area contributed by atoms with E-state index in [2.05, 4.69) is 14.9 Å². The molecule has 1 saturated heterocycles. The molecule has 0 bridgehead atoms. The van der Waals surface area contributed by atoms with Crippen LogP contribution in [0, 0.1) is 5.82 Å². The Balaban J connectivity index is 1.50. The van der Waals surface area contributed by atoms with Crippen molar-refractivity contribution in [2.75, 3.05) is 43.9 Å². The minimum absolute atomic E-state index is 0.0662. The predicted octanol–water partition coefficient (Wildman–Crippen LogP) is 2.07. The number of thioether (sulfide) groups is 1. The molecule has 0 atom stereocenters. The fourth-order valence-electron chi connectivity index (χ4n) is 2.64. The molecule has 2 aromatic rings. The van der Waals surface area contributed by atoms with E-state index in [1.165, 1.54) is 31.0 Å². The molecule has 1 aliphatic rings. The van der Waals surface area contributed by atoms with Crippen LogP contribution in [0.15, 0.2) is 41.7 Å². The maximum Gasteiger partial charge on any atom is 0.246 e. The summed E-state index contributed by atoms with van der Waals surface area (Å²) in [4.78, 5) is 24.7. The Morgan fingerprint density at radius 3 is 2.52 bits per heavy atom. The maximum absolute atomic E-state index is 13.0. The highest BCUT2D eigenvalue weighted by Crippen LogP contribution is 2.24. The molecule has 3 rings (SSSR count). The minimum atomic E-state index is -0.242. The highest BCUT2D eigenvalue weighted by Gasteiger charge is 2.22. The molecule has 0 spiro atoms. The molecular weight excluding hydrogens is 343 g/mol. The van der Waals surface area contributed by atoms with Crippen molar-refractivity contribution in [3.05, 3.63) is 42.5 Å². The number of aromatic nitrogens is 2. The summed E-state index contributed by atoms with van der Waals surface area (Å²) in [7, 11) is 1.53. The van der Waals surface area contributed by atoms with Crippen LogP contribution in [0.1, 0.15) is 0 Å². The summed E-state index contributed by atoms with van der Waals surface area (Å²) in [5.41, 5.74) is 0.979. The Morgan fingerprint density at radius 2 is 1.84 bits per heavy atom. The van der Waals surface area contributed by atoms with Gasteiger partial charge in [0.15, 0.2) is 5.03 Å². The molecule has 1 aliphatic heterocycles. The highest BCUT2D eigenvalue weighted by molar-refractivity contribution is 8.00. The predicted molar refractivity (Wildman–Crippen MR) is 94.5 cm³/mol. The van der Waals surface area contributed by atoms with Crippen LogP contribution in [0.5, 0.6) is 5.88 Å². The van der Waals surface area contributed by atoms with Gasteiger partial charge in [0, 0.05) is 44.3 Å². The molecule has 0 aliphatic carbocycles. The van der Waals surface area contributed by atoms with Crippen LogP contribution in [0.25, 0.3) is 0 Å². The zero-order valence-corrected chi connectivity index (χ0v) is 14.7. The summed E-state index contributed by atoms with van der Waals surface area (Å²) in [6, 6.07) is 6.45. The lowest BCUT2D eigenvalue weighted by Gasteiger charge is -2.36. The van der Waals surface area contributed by atoms with E-state index in [9.17, 15) is 9.18 Å². The van der Waals surface area contributed by atoms with E-state index in [1.54, 1.807) is 24.5 Å². The second-order valence-electron chi connectivity index (χ2n) is 5.50. The number of rotatable bonds is 5. The standard InChI is InChI=1S/C17H19FN4O2S/c1-24-16-17(20-7-6-19-16)25-12-15(23)22-10-8-21(9-11-22)14-4-2-13(18)3-5-14/h2-7H,8-12H2,1H3. The number of methoxy groups -OCH3 is 1. The Morgan fingerprint density at radius 1 is 1.16 bits per heavy atom. The quantitative estimate of drug-likeness (QED) is 0.759. The van der Waals surface area contributed by atoms with Gasteiger partial charge in [-0.2, -0.15) is 0 Å². The second-order valence-corrected chi connectivity index (χ2v) is 6.47. The SMILES string of the molecule is COc1nccnc1SCC(=O)N1CCN(c2ccc(F)cc2)CC1. The summed E-state index contributed by atoms with van der Waals surface area (Å²) >= 11 is 1.33. The molecule has 0 unspecified atom stereocenters. The lowest BCUT2D eigenvalue weighted by atomic mass is 10.2. The fraction of sp³-hybridized carbons (Fsp3) is 0.353. The molecule has 1 aromatic carbocycles. The van der Waals surface area contributed by atoms with E-state index in [-0.39, 0.29) is 11.7 Å². The topological polar surface area (TPSA) is 58.6 Å². The van der Waals surface area contributed by atoms with Gasteiger partial charge in [0.05, 0.1) is 12.9 Å². The summed E-state index contributed by atoms with van der Waals surface area (Å²) in [6.45, 7) is 2.76. The monoisotopic (exact) mass is 362 g/mol. The van der Waals surface area contributed by atoms with Gasteiger partial charge in [-0.1, -0.05) is 11.8 Å². The zero-order valence-electron chi connectivity index (χ0n) is 13.9. The van der Waals surface area contributed by atoms with Gasteiger partial charge in [0.25, 0.3) is 0 Å². The van der Waals surface area contributed by atoms with E-state index < -0.39 is 0 Å². The average molecular weight is 362 g/mol. The highest BCUT2D eigenvalue weighted by atomic mass is 32.2. The molecule has 2 heterocycles. The van der Waals surface area contributed by atoms with Crippen molar-refractivity contribution >= 4 is 23.4 Å². The van der Waals surface area contributed by atoms with E-state index in [0.29, 0.717) is 29.7 Å². The van der Waals surface area contributed by atoms with Crippen molar-refractivity contribution in [1.82, 2.24) is 14.9 Å². The Kier molecular flexibility index (Phi) is 5.70. The van der Waals surface area contributed by atoms with Crippen molar-refractivity contribution < 1.29 is 13.9 Å². The molecule has 1 amide bonds. The number of ether oxygens (including phenoxy) is 1. The first-order valence-corrected chi connectivity index (χ1v) is 8.92. The lowest BCUT2D eigenvalue weighted by Crippen LogP contribution is -2.49. The summed E-state index contributed by atoms with van der Waals surface area (Å²) in [5.74, 6) is 0.554. The number of carbonyl (C=O) groups is 1. The molecule has 1 fully saturated rings. The van der Waals surface area contributed by atoms with Gasteiger partial charge < -0.3 is 14.5 Å². The number of nitrogens with zero attached hydrogens (tertiary/aromatic N) is 4. The molecule has 1 aromatic heterocycles. The first-order chi connectivity index (χ1) is 12.2. The van der Waals surface area contributed by atoms with Gasteiger partial charge in [0.2, 0.25) is 11.8 Å². The van der Waals surface area contributed by atoms with E-state index in [1.807, 2.05) is 4.90 Å². The fourth-order valence-corrected chi connectivity index (χ4v) is 3.48. The van der Waals surface area contributed by atoms with Gasteiger partial charge in [0.1, 0.15) is 5.82 Å². The van der Waals surface area contributed by atoms with Crippen molar-refractivity contribution in [3.63, 3.8) is 0 Å². The van der Waals surface area contributed by atoms with Crippen molar-refractivity contribution in [2.24, 2.45) is 0 Å². The number of anilines is 1. The van der Waals surface area contributed by atoms with Crippen molar-refractivity contribution in [3.8, 4) is 5.88 Å². The molecule has 8 heteroatoms. The van der Waals surface area contributed by atoms with Crippen LogP contribution in [-0.2, 0) is 4.79 Å². The van der Waals surface area contributed by atoms with Crippen LogP contribution in [0.3, 0.4) is 0 Å². The van der Waals surface area contributed by atoms with Crippen LogP contribution in [-0.4, -0.2) is 59.8 Å². The largest absolute Gasteiger partial charge is 0.479 e. The van der Waals surface area contributed by atoms with Gasteiger partial charge in [-0.05, 0) is 24.3 Å². The van der Waals surface area contributed by atoms with Gasteiger partial charge in [-0.3, -0.25) is 4.79 Å². The van der Waals surface area contributed by atoms with E-state index in [4.69, 9.17) is 4.74 Å². The normalized spacial score (nSPS) is 14.5. The number of halogens is 1. The maximum atomic E-state index is 13.0. The van der Waals surface area contributed by atoms with Crippen LogP contribution >= 0.6 is 11.8 Å². The summed E-state index contributed by atoms with van der Waals surface area (Å²) in [6.07, 6.45) is 3.14. The molecule has 0 radical (unpaired) electrons. The number of benzene rings is 1. The number of piperazine rings is 1. The first kappa shape index (κ1) is 17.5. The third-order valence-corrected chi connectivity index (χ3v) is 4.93. The van der Waals surface area contributed by atoms with Crippen molar-refractivity contribution in [1.29, 1.82) is 0 Å². The summed E-state index contributed by atoms with van der Waals surface area (Å²) in [5, 5.41) is 0.614. The number of hydrogen-bond donors (Lipinski definition) is 0. The lowest BCUT2D eigenvalue weighted by molar-refractivity contribution is -0.128. The number of carbonyl (C=O) groups excluding carboxylic acids is 1. The molecule has 25 heavy (non-hydrogen) atoms. The zero-order chi connectivity index (χ0) is 17.6. The first-order valence-electron chi connectivity index (χ1n) is 7.93. The van der Waals surface area contributed by atoms with Crippen LogP contribution in [0.2, 0.25) is 0 Å². The third-order valence-electron chi connectivity index (χ3n) is 3.98. The number of hydrogen-bond acceptors (Lipinski definition) is 6. The van der Waals surface area contributed by atoms with Crippen LogP contribution < -0.4 is 9.64 Å². The average Bonchev–Trinajstić information content (AvgIpc) is 2.67. The molecule has 0 saturated carbocycles. The number of amides is 1. The third kappa shape index (κ3) is 4.39. The van der Waals surface area contributed by atoms with Crippen LogP contribution in [0.4, 0.5) is 10.1 Å². The van der Waals surface area contributed by atoms with Gasteiger partial charge in [-0.15, -0.1) is 0 Å². The van der Waals surface area contributed by atoms with Gasteiger partial charge in [-0.25, -0.2) is 14.4 Å². The Bertz CT molecular complexity index is 721.